The smallest absolute Gasteiger partial charge is 0.226 e. The van der Waals surface area contributed by atoms with Gasteiger partial charge in [-0.15, -0.1) is 0 Å². The molecule has 0 spiro atoms. The van der Waals surface area contributed by atoms with Crippen molar-refractivity contribution in [3.63, 3.8) is 0 Å². The largest absolute Gasteiger partial charge is 0.497 e. The summed E-state index contributed by atoms with van der Waals surface area (Å²) in [6.07, 6.45) is 0.852. The van der Waals surface area contributed by atoms with E-state index in [4.69, 9.17) is 21.1 Å². The summed E-state index contributed by atoms with van der Waals surface area (Å²) in [7, 11) is 1.68. The summed E-state index contributed by atoms with van der Waals surface area (Å²) >= 11 is 6.17. The molecule has 3 aromatic carbocycles. The minimum absolute atomic E-state index is 0.118. The van der Waals surface area contributed by atoms with Gasteiger partial charge in [0.1, 0.15) is 5.75 Å². The van der Waals surface area contributed by atoms with Gasteiger partial charge in [-0.2, -0.15) is 0 Å². The van der Waals surface area contributed by atoms with Crippen LogP contribution in [0, 0.1) is 5.92 Å². The zero-order chi connectivity index (χ0) is 24.9. The first kappa shape index (κ1) is 24.8. The third-order valence-corrected chi connectivity index (χ3v) is 7.48. The Labute approximate surface area is 218 Å². The van der Waals surface area contributed by atoms with Crippen molar-refractivity contribution in [3.8, 4) is 5.75 Å². The molecule has 1 saturated heterocycles. The Balaban J connectivity index is 1.19. The Bertz CT molecular complexity index is 1160. The quantitative estimate of drug-likeness (QED) is 0.383. The molecule has 2 fully saturated rings. The SMILES string of the molecule is COc1cccc([C@@H](CN2CCN(C(=O)[C@H]3C[C@H]3c3ccccc3)CC2)OCc2cccc(Cl)c2)c1. The van der Waals surface area contributed by atoms with Gasteiger partial charge in [0.15, 0.2) is 0 Å². The summed E-state index contributed by atoms with van der Waals surface area (Å²) < 4.78 is 11.9. The van der Waals surface area contributed by atoms with Gasteiger partial charge < -0.3 is 14.4 Å². The lowest BCUT2D eigenvalue weighted by atomic mass is 10.1. The molecule has 0 radical (unpaired) electrons. The molecule has 6 heteroatoms. The molecule has 0 N–H and O–H groups in total. The Hall–Kier alpha value is -2.86. The van der Waals surface area contributed by atoms with E-state index in [-0.39, 0.29) is 12.0 Å². The van der Waals surface area contributed by atoms with Crippen molar-refractivity contribution in [2.24, 2.45) is 5.92 Å². The molecule has 1 amide bonds. The number of hydrogen-bond donors (Lipinski definition) is 0. The highest BCUT2D eigenvalue weighted by Gasteiger charge is 2.46. The van der Waals surface area contributed by atoms with E-state index in [1.54, 1.807) is 7.11 Å². The molecule has 3 aromatic rings. The molecule has 1 saturated carbocycles. The van der Waals surface area contributed by atoms with Crippen molar-refractivity contribution in [1.82, 2.24) is 9.80 Å². The van der Waals surface area contributed by atoms with Crippen LogP contribution in [0.2, 0.25) is 5.02 Å². The van der Waals surface area contributed by atoms with Crippen LogP contribution in [0.15, 0.2) is 78.9 Å². The van der Waals surface area contributed by atoms with Gasteiger partial charge in [0.05, 0.1) is 19.8 Å². The minimum atomic E-state index is -0.118. The van der Waals surface area contributed by atoms with Gasteiger partial charge in [-0.1, -0.05) is 66.2 Å². The van der Waals surface area contributed by atoms with Crippen molar-refractivity contribution in [2.75, 3.05) is 39.8 Å². The van der Waals surface area contributed by atoms with E-state index < -0.39 is 0 Å². The van der Waals surface area contributed by atoms with E-state index in [9.17, 15) is 4.79 Å². The Morgan fingerprint density at radius 3 is 2.50 bits per heavy atom. The summed E-state index contributed by atoms with van der Waals surface area (Å²) in [4.78, 5) is 17.6. The first-order valence-electron chi connectivity index (χ1n) is 12.7. The average molecular weight is 505 g/mol. The van der Waals surface area contributed by atoms with E-state index in [1.165, 1.54) is 5.56 Å². The van der Waals surface area contributed by atoms with Gasteiger partial charge in [0.2, 0.25) is 5.91 Å². The molecule has 188 valence electrons. The lowest BCUT2D eigenvalue weighted by Crippen LogP contribution is -2.50. The number of hydrogen-bond acceptors (Lipinski definition) is 4. The summed E-state index contributed by atoms with van der Waals surface area (Å²) in [5.41, 5.74) is 3.41. The molecular weight excluding hydrogens is 472 g/mol. The molecule has 36 heavy (non-hydrogen) atoms. The van der Waals surface area contributed by atoms with Crippen LogP contribution in [0.5, 0.6) is 5.75 Å². The lowest BCUT2D eigenvalue weighted by molar-refractivity contribution is -0.134. The number of ether oxygens (including phenoxy) is 2. The molecule has 1 heterocycles. The molecule has 1 aliphatic heterocycles. The molecule has 3 atom stereocenters. The molecule has 2 aliphatic rings. The van der Waals surface area contributed by atoms with Crippen molar-refractivity contribution < 1.29 is 14.3 Å². The van der Waals surface area contributed by atoms with Crippen LogP contribution in [0.4, 0.5) is 0 Å². The van der Waals surface area contributed by atoms with Gasteiger partial charge in [0.25, 0.3) is 0 Å². The summed E-state index contributed by atoms with van der Waals surface area (Å²) in [6, 6.07) is 26.3. The topological polar surface area (TPSA) is 42.0 Å². The molecule has 0 unspecified atom stereocenters. The Kier molecular flexibility index (Phi) is 7.90. The van der Waals surface area contributed by atoms with Crippen LogP contribution >= 0.6 is 11.6 Å². The molecule has 0 aromatic heterocycles. The van der Waals surface area contributed by atoms with Crippen LogP contribution in [-0.2, 0) is 16.1 Å². The predicted octanol–water partition coefficient (Wildman–Crippen LogP) is 5.55. The number of amides is 1. The second-order valence-corrected chi connectivity index (χ2v) is 10.1. The standard InChI is InChI=1S/C30H33ClN2O3/c1-35-26-12-6-10-24(18-26)29(36-21-22-7-5-11-25(31)17-22)20-32-13-15-33(16-14-32)30(34)28-19-27(28)23-8-3-2-4-9-23/h2-12,17-18,27-29H,13-16,19-21H2,1H3/t27-,28-,29+/m0/s1. The fourth-order valence-electron chi connectivity index (χ4n) is 5.08. The third kappa shape index (κ3) is 6.09. The summed E-state index contributed by atoms with van der Waals surface area (Å²) in [5, 5.41) is 0.708. The third-order valence-electron chi connectivity index (χ3n) is 7.25. The highest BCUT2D eigenvalue weighted by Crippen LogP contribution is 2.48. The highest BCUT2D eigenvalue weighted by atomic mass is 35.5. The summed E-state index contributed by atoms with van der Waals surface area (Å²) in [6.45, 7) is 4.44. The number of piperazine rings is 1. The van der Waals surface area contributed by atoms with Gasteiger partial charge in [-0.25, -0.2) is 0 Å². The van der Waals surface area contributed by atoms with E-state index in [0.29, 0.717) is 23.5 Å². The number of carbonyl (C=O) groups excluding carboxylic acids is 1. The Morgan fingerprint density at radius 2 is 1.75 bits per heavy atom. The lowest BCUT2D eigenvalue weighted by Gasteiger charge is -2.36. The molecule has 0 bridgehead atoms. The number of rotatable bonds is 9. The number of nitrogens with zero attached hydrogens (tertiary/aromatic N) is 2. The van der Waals surface area contributed by atoms with Crippen LogP contribution in [0.1, 0.15) is 35.1 Å². The predicted molar refractivity (Wildman–Crippen MR) is 142 cm³/mol. The molecular formula is C30H33ClN2O3. The molecule has 5 rings (SSSR count). The van der Waals surface area contributed by atoms with Crippen molar-refractivity contribution in [1.29, 1.82) is 0 Å². The molecule has 5 nitrogen and oxygen atoms in total. The second-order valence-electron chi connectivity index (χ2n) is 9.69. The second kappa shape index (κ2) is 11.5. The minimum Gasteiger partial charge on any atom is -0.497 e. The van der Waals surface area contributed by atoms with Gasteiger partial charge >= 0.3 is 0 Å². The summed E-state index contributed by atoms with van der Waals surface area (Å²) in [5.74, 6) is 1.65. The van der Waals surface area contributed by atoms with E-state index in [1.807, 2.05) is 48.5 Å². The van der Waals surface area contributed by atoms with Crippen LogP contribution in [-0.4, -0.2) is 55.5 Å². The number of methoxy groups -OCH3 is 1. The average Bonchev–Trinajstić information content (AvgIpc) is 3.73. The van der Waals surface area contributed by atoms with E-state index in [0.717, 1.165) is 56.0 Å². The maximum absolute atomic E-state index is 13.1. The highest BCUT2D eigenvalue weighted by molar-refractivity contribution is 6.30. The van der Waals surface area contributed by atoms with Crippen molar-refractivity contribution in [2.45, 2.75) is 25.0 Å². The van der Waals surface area contributed by atoms with Crippen LogP contribution < -0.4 is 4.74 Å². The monoisotopic (exact) mass is 504 g/mol. The first-order valence-corrected chi connectivity index (χ1v) is 13.0. The maximum atomic E-state index is 13.1. The number of halogens is 1. The number of carbonyl (C=O) groups is 1. The zero-order valence-electron chi connectivity index (χ0n) is 20.7. The van der Waals surface area contributed by atoms with E-state index >= 15 is 0 Å². The fraction of sp³-hybridized carbons (Fsp3) is 0.367. The zero-order valence-corrected chi connectivity index (χ0v) is 21.4. The van der Waals surface area contributed by atoms with Gasteiger partial charge in [-0.3, -0.25) is 9.69 Å². The van der Waals surface area contributed by atoms with Crippen LogP contribution in [0.25, 0.3) is 0 Å². The van der Waals surface area contributed by atoms with Gasteiger partial charge in [0, 0.05) is 43.7 Å². The Morgan fingerprint density at radius 1 is 0.972 bits per heavy atom. The van der Waals surface area contributed by atoms with Crippen molar-refractivity contribution >= 4 is 17.5 Å². The normalized spacial score (nSPS) is 20.7. The van der Waals surface area contributed by atoms with Gasteiger partial charge in [-0.05, 0) is 53.3 Å². The fourth-order valence-corrected chi connectivity index (χ4v) is 5.29. The van der Waals surface area contributed by atoms with E-state index in [2.05, 4.69) is 40.1 Å². The first-order chi connectivity index (χ1) is 17.6. The van der Waals surface area contributed by atoms with Crippen molar-refractivity contribution in [3.05, 3.63) is 101 Å². The maximum Gasteiger partial charge on any atom is 0.226 e. The van der Waals surface area contributed by atoms with Crippen LogP contribution in [0.3, 0.4) is 0 Å². The molecule has 1 aliphatic carbocycles. The number of benzene rings is 3.